The topological polar surface area (TPSA) is 3.24 Å². The van der Waals surface area contributed by atoms with Crippen molar-refractivity contribution in [3.05, 3.63) is 76.4 Å². The molecule has 0 amide bonds. The largest absolute Gasteiger partial charge is 0.416 e. The molecule has 0 heterocycles. The van der Waals surface area contributed by atoms with Gasteiger partial charge in [0.25, 0.3) is 0 Å². The van der Waals surface area contributed by atoms with Crippen LogP contribution in [0.1, 0.15) is 47.9 Å². The zero-order valence-corrected chi connectivity index (χ0v) is 18.2. The van der Waals surface area contributed by atoms with Gasteiger partial charge >= 0.3 is 12.4 Å². The second-order valence-corrected chi connectivity index (χ2v) is 8.75. The third-order valence-electron chi connectivity index (χ3n) is 5.89. The molecule has 0 fully saturated rings. The highest BCUT2D eigenvalue weighted by atomic mass is 19.4. The first-order valence-electron chi connectivity index (χ1n) is 10.6. The third kappa shape index (κ3) is 6.37. The molecule has 7 heteroatoms. The maximum absolute atomic E-state index is 13.3. The number of aryl methyl sites for hydroxylation is 1. The molecule has 32 heavy (non-hydrogen) atoms. The Morgan fingerprint density at radius 2 is 1.47 bits per heavy atom. The van der Waals surface area contributed by atoms with Crippen LogP contribution in [0.4, 0.5) is 26.3 Å². The molecule has 0 N–H and O–H groups in total. The Kier molecular flexibility index (Phi) is 7.38. The van der Waals surface area contributed by atoms with Gasteiger partial charge in [-0.2, -0.15) is 26.3 Å². The SMILES string of the molecule is CN(C)CC1=C(c2cc(C(F)(F)F)cc(C(F)(F)F)c2)CCC(CCc2ccccc2)C1. The number of alkyl halides is 6. The Bertz CT molecular complexity index is 909. The lowest BCUT2D eigenvalue weighted by Crippen LogP contribution is -2.21. The van der Waals surface area contributed by atoms with E-state index in [0.29, 0.717) is 30.9 Å². The minimum absolute atomic E-state index is 0.0329. The third-order valence-corrected chi connectivity index (χ3v) is 5.89. The van der Waals surface area contributed by atoms with Crippen molar-refractivity contribution in [3.8, 4) is 0 Å². The molecule has 1 nitrogen and oxygen atoms in total. The van der Waals surface area contributed by atoms with Crippen molar-refractivity contribution >= 4 is 5.57 Å². The summed E-state index contributed by atoms with van der Waals surface area (Å²) in [4.78, 5) is 1.91. The van der Waals surface area contributed by atoms with E-state index in [2.05, 4.69) is 12.1 Å². The molecule has 1 aliphatic carbocycles. The van der Waals surface area contributed by atoms with E-state index in [-0.39, 0.29) is 11.6 Å². The average Bonchev–Trinajstić information content (AvgIpc) is 2.71. The standard InChI is InChI=1S/C25H27F6N/c1-32(2)16-20-12-18(9-8-17-6-4-3-5-7-17)10-11-23(20)19-13-21(24(26,27)28)15-22(14-19)25(29,30)31/h3-7,13-15,18H,8-12,16H2,1-2H3. The van der Waals surface area contributed by atoms with Gasteiger partial charge in [-0.05, 0) is 87.0 Å². The Labute approximate surface area is 184 Å². The fraction of sp³-hybridized carbons (Fsp3) is 0.440. The first kappa shape index (κ1) is 24.4. The number of nitrogens with zero attached hydrogens (tertiary/aromatic N) is 1. The highest BCUT2D eigenvalue weighted by Crippen LogP contribution is 2.42. The fourth-order valence-corrected chi connectivity index (χ4v) is 4.38. The van der Waals surface area contributed by atoms with Gasteiger partial charge in [-0.1, -0.05) is 35.9 Å². The monoisotopic (exact) mass is 455 g/mol. The Morgan fingerprint density at radius 3 is 2.00 bits per heavy atom. The van der Waals surface area contributed by atoms with Crippen LogP contribution in [-0.4, -0.2) is 25.5 Å². The zero-order chi connectivity index (χ0) is 23.5. The smallest absolute Gasteiger partial charge is 0.305 e. The number of rotatable bonds is 6. The fourth-order valence-electron chi connectivity index (χ4n) is 4.38. The van der Waals surface area contributed by atoms with Crippen molar-refractivity contribution < 1.29 is 26.3 Å². The van der Waals surface area contributed by atoms with E-state index in [0.717, 1.165) is 37.0 Å². The predicted molar refractivity (Wildman–Crippen MR) is 114 cm³/mol. The summed E-state index contributed by atoms with van der Waals surface area (Å²) >= 11 is 0. The van der Waals surface area contributed by atoms with Crippen molar-refractivity contribution in [3.63, 3.8) is 0 Å². The Hall–Kier alpha value is -2.28. The number of benzene rings is 2. The lowest BCUT2D eigenvalue weighted by Gasteiger charge is -2.30. The molecular weight excluding hydrogens is 428 g/mol. The normalized spacial score (nSPS) is 17.8. The van der Waals surface area contributed by atoms with Crippen molar-refractivity contribution in [2.45, 2.75) is 44.5 Å². The van der Waals surface area contributed by atoms with E-state index in [4.69, 9.17) is 0 Å². The summed E-state index contributed by atoms with van der Waals surface area (Å²) in [6.45, 7) is 0.509. The molecule has 2 aromatic rings. The number of halogens is 6. The highest BCUT2D eigenvalue weighted by molar-refractivity contribution is 5.71. The van der Waals surface area contributed by atoms with Gasteiger partial charge in [-0.3, -0.25) is 0 Å². The number of likely N-dealkylation sites (N-methyl/N-ethyl adjacent to an activating group) is 1. The summed E-state index contributed by atoms with van der Waals surface area (Å²) < 4.78 is 80.1. The van der Waals surface area contributed by atoms with E-state index >= 15 is 0 Å². The lowest BCUT2D eigenvalue weighted by atomic mass is 9.78. The molecule has 0 saturated heterocycles. The number of hydrogen-bond donors (Lipinski definition) is 0. The van der Waals surface area contributed by atoms with Gasteiger partial charge in [-0.15, -0.1) is 0 Å². The van der Waals surface area contributed by atoms with Gasteiger partial charge in [-0.25, -0.2) is 0 Å². The first-order chi connectivity index (χ1) is 14.9. The van der Waals surface area contributed by atoms with Crippen molar-refractivity contribution in [1.29, 1.82) is 0 Å². The van der Waals surface area contributed by atoms with Crippen LogP contribution in [0.3, 0.4) is 0 Å². The molecule has 174 valence electrons. The summed E-state index contributed by atoms with van der Waals surface area (Å²) in [7, 11) is 3.71. The summed E-state index contributed by atoms with van der Waals surface area (Å²) in [6, 6.07) is 12.0. The minimum Gasteiger partial charge on any atom is -0.305 e. The van der Waals surface area contributed by atoms with E-state index in [1.807, 2.05) is 37.2 Å². The molecule has 0 aromatic heterocycles. The second-order valence-electron chi connectivity index (χ2n) is 8.75. The van der Waals surface area contributed by atoms with E-state index in [9.17, 15) is 26.3 Å². The van der Waals surface area contributed by atoms with E-state index in [1.165, 1.54) is 5.56 Å². The van der Waals surface area contributed by atoms with Gasteiger partial charge < -0.3 is 4.90 Å². The zero-order valence-electron chi connectivity index (χ0n) is 18.2. The lowest BCUT2D eigenvalue weighted by molar-refractivity contribution is -0.143. The highest BCUT2D eigenvalue weighted by Gasteiger charge is 2.37. The molecule has 0 aliphatic heterocycles. The Morgan fingerprint density at radius 1 is 0.875 bits per heavy atom. The molecule has 0 bridgehead atoms. The number of allylic oxidation sites excluding steroid dienone is 1. The van der Waals surface area contributed by atoms with E-state index < -0.39 is 23.5 Å². The summed E-state index contributed by atoms with van der Waals surface area (Å²) in [5, 5.41) is 0. The van der Waals surface area contributed by atoms with Crippen molar-refractivity contribution in [1.82, 2.24) is 4.90 Å². The summed E-state index contributed by atoms with van der Waals surface area (Å²) in [5.74, 6) is 0.349. The van der Waals surface area contributed by atoms with Crippen LogP contribution in [0.2, 0.25) is 0 Å². The molecule has 0 spiro atoms. The second kappa shape index (κ2) is 9.69. The van der Waals surface area contributed by atoms with Crippen LogP contribution >= 0.6 is 0 Å². The molecular formula is C25H27F6N. The van der Waals surface area contributed by atoms with Gasteiger partial charge in [0.15, 0.2) is 0 Å². The molecule has 1 aliphatic rings. The molecule has 0 saturated carbocycles. The van der Waals surface area contributed by atoms with Gasteiger partial charge in [0, 0.05) is 6.54 Å². The molecule has 2 aromatic carbocycles. The van der Waals surface area contributed by atoms with Crippen LogP contribution in [0.25, 0.3) is 5.57 Å². The van der Waals surface area contributed by atoms with E-state index in [1.54, 1.807) is 0 Å². The maximum Gasteiger partial charge on any atom is 0.416 e. The summed E-state index contributed by atoms with van der Waals surface area (Å²) in [5.41, 5.74) is 0.281. The molecule has 1 unspecified atom stereocenters. The maximum atomic E-state index is 13.3. The minimum atomic E-state index is -4.84. The first-order valence-corrected chi connectivity index (χ1v) is 10.6. The van der Waals surface area contributed by atoms with Crippen LogP contribution in [0, 0.1) is 5.92 Å². The van der Waals surface area contributed by atoms with Crippen LogP contribution in [0.5, 0.6) is 0 Å². The van der Waals surface area contributed by atoms with Gasteiger partial charge in [0.05, 0.1) is 11.1 Å². The van der Waals surface area contributed by atoms with Crippen molar-refractivity contribution in [2.24, 2.45) is 5.92 Å². The molecule has 1 atom stereocenters. The predicted octanol–water partition coefficient (Wildman–Crippen LogP) is 7.47. The average molecular weight is 455 g/mol. The molecule has 0 radical (unpaired) electrons. The van der Waals surface area contributed by atoms with Gasteiger partial charge in [0.1, 0.15) is 0 Å². The van der Waals surface area contributed by atoms with Crippen molar-refractivity contribution in [2.75, 3.05) is 20.6 Å². The number of hydrogen-bond acceptors (Lipinski definition) is 1. The molecule has 3 rings (SSSR count). The van der Waals surface area contributed by atoms with Gasteiger partial charge in [0.2, 0.25) is 0 Å². The van der Waals surface area contributed by atoms with Crippen LogP contribution < -0.4 is 0 Å². The van der Waals surface area contributed by atoms with Crippen LogP contribution in [0.15, 0.2) is 54.1 Å². The quantitative estimate of drug-likeness (QED) is 0.408. The van der Waals surface area contributed by atoms with Crippen LogP contribution in [-0.2, 0) is 18.8 Å². The summed E-state index contributed by atoms with van der Waals surface area (Å²) in [6.07, 6.45) is -5.95. The Balaban J connectivity index is 1.93.